The number of aryl methyl sites for hydroxylation is 1. The number of ether oxygens (including phenoxy) is 1. The highest BCUT2D eigenvalue weighted by Crippen LogP contribution is 2.54. The molecule has 2 heterocycles. The molecule has 1 aromatic heterocycles. The number of allylic oxidation sites excluding steroid dienone is 3. The van der Waals surface area contributed by atoms with Crippen LogP contribution in [0.2, 0.25) is 0 Å². The smallest absolute Gasteiger partial charge is 0.130 e. The largest absolute Gasteiger partial charge is 0.461 e. The maximum Gasteiger partial charge on any atom is 0.130 e. The van der Waals surface area contributed by atoms with Gasteiger partial charge in [0.05, 0.1) is 11.0 Å². The van der Waals surface area contributed by atoms with Crippen LogP contribution in [0.3, 0.4) is 0 Å². The van der Waals surface area contributed by atoms with Gasteiger partial charge in [0.1, 0.15) is 11.5 Å². The summed E-state index contributed by atoms with van der Waals surface area (Å²) in [5.41, 5.74) is 19.9. The Morgan fingerprint density at radius 3 is 2.15 bits per heavy atom. The second-order valence-corrected chi connectivity index (χ2v) is 18.9. The van der Waals surface area contributed by atoms with E-state index in [2.05, 4.69) is 250 Å². The van der Waals surface area contributed by atoms with Crippen LogP contribution in [0, 0.1) is 13.8 Å². The van der Waals surface area contributed by atoms with Crippen LogP contribution in [0.4, 0.5) is 11.4 Å². The van der Waals surface area contributed by atoms with Gasteiger partial charge >= 0.3 is 0 Å². The van der Waals surface area contributed by atoms with Crippen molar-refractivity contribution in [3.63, 3.8) is 0 Å². The molecule has 0 radical (unpaired) electrons. The van der Waals surface area contributed by atoms with E-state index in [4.69, 9.17) is 4.74 Å². The van der Waals surface area contributed by atoms with Crippen molar-refractivity contribution in [2.24, 2.45) is 0 Å². The molecule has 67 heavy (non-hydrogen) atoms. The molecular weight excluding hydrogens is 813 g/mol. The van der Waals surface area contributed by atoms with E-state index in [1.807, 2.05) is 0 Å². The van der Waals surface area contributed by atoms with Gasteiger partial charge in [0.15, 0.2) is 0 Å². The molecule has 0 amide bonds. The lowest BCUT2D eigenvalue weighted by Crippen LogP contribution is -2.28. The SMILES string of the molecule is Cc1ccccc1-c1cccc(N(c2cccc3c2-c2ccccc2C3(C)C)C(C)/C=C\C=C2/Cc3cc(-c4ccc5c(c4)c4c6ccccc6ccc4n5-c4ccccc4)ccc3O2)c1C. The molecule has 9 aromatic carbocycles. The first-order valence-electron chi connectivity index (χ1n) is 23.6. The third-order valence-corrected chi connectivity index (χ3v) is 14.6. The molecule has 1 aliphatic heterocycles. The molecule has 1 unspecified atom stereocenters. The molecule has 0 N–H and O–H groups in total. The topological polar surface area (TPSA) is 17.4 Å². The van der Waals surface area contributed by atoms with Crippen LogP contribution < -0.4 is 9.64 Å². The van der Waals surface area contributed by atoms with Gasteiger partial charge in [-0.15, -0.1) is 0 Å². The number of rotatable bonds is 8. The van der Waals surface area contributed by atoms with Crippen LogP contribution in [0.15, 0.2) is 212 Å². The van der Waals surface area contributed by atoms with Gasteiger partial charge in [-0.2, -0.15) is 0 Å². The molecular formula is C64H52N2O. The fourth-order valence-electron chi connectivity index (χ4n) is 11.2. The Kier molecular flexibility index (Phi) is 9.65. The van der Waals surface area contributed by atoms with E-state index in [1.54, 1.807) is 0 Å². The van der Waals surface area contributed by atoms with Crippen molar-refractivity contribution in [3.8, 4) is 44.8 Å². The summed E-state index contributed by atoms with van der Waals surface area (Å²) in [5, 5.41) is 5.06. The second kappa shape index (κ2) is 15.9. The van der Waals surface area contributed by atoms with E-state index in [0.717, 1.165) is 23.6 Å². The van der Waals surface area contributed by atoms with Crippen LogP contribution in [-0.4, -0.2) is 10.6 Å². The quantitative estimate of drug-likeness (QED) is 0.151. The van der Waals surface area contributed by atoms with Crippen molar-refractivity contribution >= 4 is 44.0 Å². The van der Waals surface area contributed by atoms with E-state index in [0.29, 0.717) is 0 Å². The Morgan fingerprint density at radius 2 is 1.28 bits per heavy atom. The predicted octanol–water partition coefficient (Wildman–Crippen LogP) is 16.8. The normalized spacial score (nSPS) is 14.7. The lowest BCUT2D eigenvalue weighted by molar-refractivity contribution is 0.446. The molecule has 0 bridgehead atoms. The van der Waals surface area contributed by atoms with Crippen LogP contribution in [0.25, 0.3) is 71.6 Å². The average Bonchev–Trinajstić information content (AvgIpc) is 4.00. The van der Waals surface area contributed by atoms with Gasteiger partial charge in [0, 0.05) is 56.8 Å². The van der Waals surface area contributed by atoms with E-state index >= 15 is 0 Å². The molecule has 0 saturated heterocycles. The third kappa shape index (κ3) is 6.63. The summed E-state index contributed by atoms with van der Waals surface area (Å²) in [5.74, 6) is 1.87. The maximum atomic E-state index is 6.55. The molecule has 0 fully saturated rings. The highest BCUT2D eigenvalue weighted by atomic mass is 16.5. The van der Waals surface area contributed by atoms with Gasteiger partial charge in [0.25, 0.3) is 0 Å². The van der Waals surface area contributed by atoms with E-state index in [1.165, 1.54) is 105 Å². The van der Waals surface area contributed by atoms with E-state index in [-0.39, 0.29) is 11.5 Å². The van der Waals surface area contributed by atoms with Crippen molar-refractivity contribution in [3.05, 3.63) is 240 Å². The fraction of sp³-hybridized carbons (Fsp3) is 0.125. The van der Waals surface area contributed by atoms with Crippen molar-refractivity contribution in [1.29, 1.82) is 0 Å². The maximum absolute atomic E-state index is 6.55. The first-order valence-corrected chi connectivity index (χ1v) is 23.6. The Labute approximate surface area is 393 Å². The zero-order chi connectivity index (χ0) is 45.4. The average molecular weight is 865 g/mol. The molecule has 3 nitrogen and oxygen atoms in total. The Bertz CT molecular complexity index is 3660. The first-order chi connectivity index (χ1) is 32.7. The molecule has 1 atom stereocenters. The number of hydrogen-bond acceptors (Lipinski definition) is 2. The molecule has 324 valence electrons. The first kappa shape index (κ1) is 40.6. The molecule has 12 rings (SSSR count). The number of hydrogen-bond donors (Lipinski definition) is 0. The van der Waals surface area contributed by atoms with Crippen molar-refractivity contribution in [2.75, 3.05) is 4.90 Å². The second-order valence-electron chi connectivity index (χ2n) is 18.9. The molecule has 2 aliphatic rings. The predicted molar refractivity (Wildman–Crippen MR) is 282 cm³/mol. The lowest BCUT2D eigenvalue weighted by Gasteiger charge is -2.34. The minimum Gasteiger partial charge on any atom is -0.461 e. The summed E-state index contributed by atoms with van der Waals surface area (Å²) in [6.45, 7) is 11.5. The number of nitrogens with zero attached hydrogens (tertiary/aromatic N) is 2. The number of aromatic nitrogens is 1. The number of anilines is 2. The molecule has 3 heteroatoms. The molecule has 0 spiro atoms. The third-order valence-electron chi connectivity index (χ3n) is 14.6. The number of para-hydroxylation sites is 1. The van der Waals surface area contributed by atoms with Crippen LogP contribution >= 0.6 is 0 Å². The van der Waals surface area contributed by atoms with Gasteiger partial charge in [-0.1, -0.05) is 159 Å². The minimum absolute atomic E-state index is 0.0142. The van der Waals surface area contributed by atoms with E-state index < -0.39 is 0 Å². The van der Waals surface area contributed by atoms with Gasteiger partial charge in [-0.25, -0.2) is 0 Å². The van der Waals surface area contributed by atoms with Crippen LogP contribution in [-0.2, 0) is 11.8 Å². The standard InChI is InChI=1S/C64H52N2O/c1-41-18-9-11-24-50(41)51-27-16-30-57(43(51)3)65(59-31-17-29-56-63(59)53-26-13-14-28-55(53)64(56,4)5)42(2)19-15-23-49-39-47-38-45(34-37-61(47)67-49)46-33-35-58-54(40-46)62-52-25-12-10-20-44(52)32-36-60(62)66(58)48-21-7-6-8-22-48/h6-38,40,42H,39H2,1-5H3/b19-15-,49-23+. The van der Waals surface area contributed by atoms with E-state index in [9.17, 15) is 0 Å². The van der Waals surface area contributed by atoms with Crippen LogP contribution in [0.5, 0.6) is 5.75 Å². The van der Waals surface area contributed by atoms with Crippen molar-refractivity contribution in [1.82, 2.24) is 4.57 Å². The number of fused-ring (bicyclic) bond motifs is 9. The summed E-state index contributed by atoms with van der Waals surface area (Å²) >= 11 is 0. The Morgan fingerprint density at radius 1 is 0.597 bits per heavy atom. The summed E-state index contributed by atoms with van der Waals surface area (Å²) in [6.07, 6.45) is 7.42. The zero-order valence-electron chi connectivity index (χ0n) is 38.7. The summed E-state index contributed by atoms with van der Waals surface area (Å²) in [6, 6.07) is 68.9. The monoisotopic (exact) mass is 864 g/mol. The summed E-state index contributed by atoms with van der Waals surface area (Å²) in [4.78, 5) is 2.55. The molecule has 0 saturated carbocycles. The van der Waals surface area contributed by atoms with Crippen molar-refractivity contribution in [2.45, 2.75) is 52.5 Å². The molecule has 10 aromatic rings. The lowest BCUT2D eigenvalue weighted by atomic mass is 9.82. The van der Waals surface area contributed by atoms with Gasteiger partial charge in [0.2, 0.25) is 0 Å². The molecule has 1 aliphatic carbocycles. The summed E-state index contributed by atoms with van der Waals surface area (Å²) < 4.78 is 8.95. The summed E-state index contributed by atoms with van der Waals surface area (Å²) in [7, 11) is 0. The Hall–Kier alpha value is -7.88. The van der Waals surface area contributed by atoms with Gasteiger partial charge in [-0.05, 0) is 142 Å². The minimum atomic E-state index is -0.103. The Balaban J connectivity index is 0.887. The highest BCUT2D eigenvalue weighted by Gasteiger charge is 2.38. The fourth-order valence-corrected chi connectivity index (χ4v) is 11.2. The zero-order valence-corrected chi connectivity index (χ0v) is 38.7. The van der Waals surface area contributed by atoms with Gasteiger partial charge < -0.3 is 14.2 Å². The highest BCUT2D eigenvalue weighted by molar-refractivity contribution is 6.22. The number of benzene rings is 9. The van der Waals surface area contributed by atoms with Crippen LogP contribution in [0.1, 0.15) is 48.6 Å². The van der Waals surface area contributed by atoms with Crippen molar-refractivity contribution < 1.29 is 4.74 Å². The van der Waals surface area contributed by atoms with Gasteiger partial charge in [-0.3, -0.25) is 0 Å².